The lowest BCUT2D eigenvalue weighted by molar-refractivity contribution is -0.128. The number of nitrogens with one attached hydrogen (secondary N) is 1. The van der Waals surface area contributed by atoms with E-state index in [1.54, 1.807) is 29.2 Å². The fraction of sp³-hybridized carbons (Fsp3) is 0.160. The molecule has 1 fully saturated rings. The fourth-order valence-electron chi connectivity index (χ4n) is 3.34. The number of para-hydroxylation sites is 1. The van der Waals surface area contributed by atoms with Crippen LogP contribution in [0.1, 0.15) is 12.0 Å². The summed E-state index contributed by atoms with van der Waals surface area (Å²) in [6, 6.07) is 26.4. The van der Waals surface area contributed by atoms with Crippen LogP contribution < -0.4 is 5.32 Å². The van der Waals surface area contributed by atoms with E-state index in [1.807, 2.05) is 60.7 Å². The Morgan fingerprint density at radius 1 is 0.969 bits per heavy atom. The summed E-state index contributed by atoms with van der Waals surface area (Å²) in [4.78, 5) is 32.2. The first kappa shape index (κ1) is 22.1. The zero-order chi connectivity index (χ0) is 22.3. The van der Waals surface area contributed by atoms with Crippen LogP contribution in [0.3, 0.4) is 0 Å². The monoisotopic (exact) mass is 463 g/mol. The summed E-state index contributed by atoms with van der Waals surface area (Å²) in [7, 11) is 0. The molecule has 0 aliphatic carbocycles. The topological polar surface area (TPSA) is 61.8 Å². The molecular weight excluding hydrogens is 442 g/mol. The lowest BCUT2D eigenvalue weighted by Gasteiger charge is -2.16. The Kier molecular flexibility index (Phi) is 7.24. The van der Waals surface area contributed by atoms with Crippen molar-refractivity contribution in [2.45, 2.75) is 18.1 Å². The van der Waals surface area contributed by atoms with Crippen LogP contribution in [0.5, 0.6) is 0 Å². The van der Waals surface area contributed by atoms with Crippen LogP contribution >= 0.6 is 23.4 Å². The van der Waals surface area contributed by atoms with E-state index in [0.717, 1.165) is 11.3 Å². The van der Waals surface area contributed by atoms with Gasteiger partial charge in [-0.05, 0) is 48.4 Å². The van der Waals surface area contributed by atoms with E-state index in [0.29, 0.717) is 28.8 Å². The molecule has 3 aromatic rings. The molecule has 1 saturated heterocycles. The van der Waals surface area contributed by atoms with Crippen LogP contribution in [0.2, 0.25) is 5.02 Å². The largest absolute Gasteiger partial charge is 0.326 e. The Morgan fingerprint density at radius 3 is 2.31 bits per heavy atom. The van der Waals surface area contributed by atoms with Gasteiger partial charge in [-0.25, -0.2) is 4.99 Å². The van der Waals surface area contributed by atoms with Gasteiger partial charge in [-0.3, -0.25) is 14.5 Å². The number of thioether (sulfide) groups is 1. The maximum atomic E-state index is 13.2. The number of amidine groups is 1. The summed E-state index contributed by atoms with van der Waals surface area (Å²) >= 11 is 7.24. The van der Waals surface area contributed by atoms with E-state index < -0.39 is 5.25 Å². The smallest absolute Gasteiger partial charge is 0.242 e. The minimum atomic E-state index is -0.513. The number of carbonyl (C=O) groups excluding carboxylic acids is 2. The Hall–Kier alpha value is -3.09. The number of benzene rings is 3. The van der Waals surface area contributed by atoms with Crippen LogP contribution in [-0.4, -0.2) is 33.7 Å². The van der Waals surface area contributed by atoms with Gasteiger partial charge in [0.05, 0.1) is 5.69 Å². The van der Waals surface area contributed by atoms with Gasteiger partial charge in [0.1, 0.15) is 5.25 Å². The lowest BCUT2D eigenvalue weighted by Crippen LogP contribution is -2.35. The molecule has 0 spiro atoms. The number of rotatable bonds is 7. The third kappa shape index (κ3) is 5.78. The minimum absolute atomic E-state index is 0.0712. The standard InChI is InChI=1S/C25H22ClN3O2S/c26-19-11-13-21(14-12-19)27-23(30)17-22-24(31)29(16-15-18-7-3-1-4-8-18)25(32-22)28-20-9-5-2-6-10-20/h1-14,22H,15-17H2,(H,27,30)/t22-/m1/s1. The molecular formula is C25H22ClN3O2S. The van der Waals surface area contributed by atoms with Crippen molar-refractivity contribution >= 4 is 51.7 Å². The molecule has 0 radical (unpaired) electrons. The van der Waals surface area contributed by atoms with Crippen molar-refractivity contribution in [2.24, 2.45) is 4.99 Å². The number of hydrogen-bond donors (Lipinski definition) is 1. The third-order valence-corrected chi connectivity index (χ3v) is 6.39. The molecule has 0 aromatic heterocycles. The van der Waals surface area contributed by atoms with Crippen molar-refractivity contribution in [3.05, 3.63) is 95.5 Å². The van der Waals surface area contributed by atoms with Gasteiger partial charge < -0.3 is 5.32 Å². The third-order valence-electron chi connectivity index (χ3n) is 4.97. The highest BCUT2D eigenvalue weighted by atomic mass is 35.5. The van der Waals surface area contributed by atoms with E-state index in [9.17, 15) is 9.59 Å². The number of halogens is 1. The summed E-state index contributed by atoms with van der Waals surface area (Å²) < 4.78 is 0. The normalized spacial score (nSPS) is 17.0. The molecule has 1 atom stereocenters. The number of carbonyl (C=O) groups is 2. The van der Waals surface area contributed by atoms with Crippen molar-refractivity contribution in [1.29, 1.82) is 0 Å². The molecule has 162 valence electrons. The average Bonchev–Trinajstić information content (AvgIpc) is 3.09. The summed E-state index contributed by atoms with van der Waals surface area (Å²) in [6.45, 7) is 0.511. The van der Waals surface area contributed by atoms with Gasteiger partial charge in [0.25, 0.3) is 0 Å². The first-order chi connectivity index (χ1) is 15.6. The molecule has 2 amide bonds. The van der Waals surface area contributed by atoms with Crippen molar-refractivity contribution in [1.82, 2.24) is 4.90 Å². The van der Waals surface area contributed by atoms with Crippen LogP contribution in [-0.2, 0) is 16.0 Å². The molecule has 1 aliphatic heterocycles. The highest BCUT2D eigenvalue weighted by Gasteiger charge is 2.39. The number of aliphatic imine (C=N–C) groups is 1. The quantitative estimate of drug-likeness (QED) is 0.500. The van der Waals surface area contributed by atoms with E-state index in [-0.39, 0.29) is 18.2 Å². The first-order valence-corrected chi connectivity index (χ1v) is 11.6. The second kappa shape index (κ2) is 10.5. The predicted octanol–water partition coefficient (Wildman–Crippen LogP) is 5.54. The van der Waals surface area contributed by atoms with Gasteiger partial charge in [0.2, 0.25) is 11.8 Å². The molecule has 3 aromatic carbocycles. The van der Waals surface area contributed by atoms with Gasteiger partial charge >= 0.3 is 0 Å². The Bertz CT molecular complexity index is 1110. The Labute approximate surface area is 196 Å². The number of nitrogens with zero attached hydrogens (tertiary/aromatic N) is 2. The summed E-state index contributed by atoms with van der Waals surface area (Å²) in [5.74, 6) is -0.311. The zero-order valence-corrected chi connectivity index (χ0v) is 18.9. The highest BCUT2D eigenvalue weighted by molar-refractivity contribution is 8.15. The first-order valence-electron chi connectivity index (χ1n) is 10.3. The van der Waals surface area contributed by atoms with Crippen LogP contribution in [0.25, 0.3) is 0 Å². The van der Waals surface area contributed by atoms with Gasteiger partial charge in [-0.1, -0.05) is 71.9 Å². The number of hydrogen-bond acceptors (Lipinski definition) is 4. The van der Waals surface area contributed by atoms with Crippen LogP contribution in [0, 0.1) is 0 Å². The second-order valence-corrected chi connectivity index (χ2v) is 8.93. The SMILES string of the molecule is O=C(C[C@H]1SC(=Nc2ccccc2)N(CCc2ccccc2)C1=O)Nc1ccc(Cl)cc1. The van der Waals surface area contributed by atoms with Gasteiger partial charge in [0.15, 0.2) is 5.17 Å². The molecule has 7 heteroatoms. The van der Waals surface area contributed by atoms with E-state index in [1.165, 1.54) is 11.8 Å². The van der Waals surface area contributed by atoms with E-state index in [4.69, 9.17) is 16.6 Å². The summed E-state index contributed by atoms with van der Waals surface area (Å²) in [5, 5.41) is 3.54. The Balaban J connectivity index is 1.48. The molecule has 32 heavy (non-hydrogen) atoms. The highest BCUT2D eigenvalue weighted by Crippen LogP contribution is 2.32. The minimum Gasteiger partial charge on any atom is -0.326 e. The predicted molar refractivity (Wildman–Crippen MR) is 131 cm³/mol. The van der Waals surface area contributed by atoms with E-state index in [2.05, 4.69) is 5.32 Å². The number of amides is 2. The van der Waals surface area contributed by atoms with Gasteiger partial charge in [-0.15, -0.1) is 0 Å². The summed E-state index contributed by atoms with van der Waals surface area (Å²) in [6.07, 6.45) is 0.784. The van der Waals surface area contributed by atoms with Crippen LogP contribution in [0.15, 0.2) is 89.9 Å². The van der Waals surface area contributed by atoms with Gasteiger partial charge in [-0.2, -0.15) is 0 Å². The van der Waals surface area contributed by atoms with Crippen LogP contribution in [0.4, 0.5) is 11.4 Å². The van der Waals surface area contributed by atoms with Crippen molar-refractivity contribution in [2.75, 3.05) is 11.9 Å². The molecule has 0 saturated carbocycles. The fourth-order valence-corrected chi connectivity index (χ4v) is 4.65. The van der Waals surface area contributed by atoms with Gasteiger partial charge in [0, 0.05) is 23.7 Å². The molecule has 0 bridgehead atoms. The zero-order valence-electron chi connectivity index (χ0n) is 17.3. The maximum absolute atomic E-state index is 13.2. The Morgan fingerprint density at radius 2 is 1.62 bits per heavy atom. The molecule has 4 rings (SSSR count). The van der Waals surface area contributed by atoms with Crippen molar-refractivity contribution in [3.63, 3.8) is 0 Å². The molecule has 1 aliphatic rings. The average molecular weight is 464 g/mol. The molecule has 5 nitrogen and oxygen atoms in total. The van der Waals surface area contributed by atoms with Crippen molar-refractivity contribution in [3.8, 4) is 0 Å². The number of anilines is 1. The molecule has 1 heterocycles. The maximum Gasteiger partial charge on any atom is 0.242 e. The lowest BCUT2D eigenvalue weighted by atomic mass is 10.1. The van der Waals surface area contributed by atoms with E-state index >= 15 is 0 Å². The summed E-state index contributed by atoms with van der Waals surface area (Å²) in [5.41, 5.74) is 2.57. The molecule has 1 N–H and O–H groups in total. The van der Waals surface area contributed by atoms with Crippen molar-refractivity contribution < 1.29 is 9.59 Å². The second-order valence-electron chi connectivity index (χ2n) is 7.32. The molecule has 0 unspecified atom stereocenters.